The van der Waals surface area contributed by atoms with Crippen molar-refractivity contribution in [2.75, 3.05) is 20.2 Å². The number of benzene rings is 2. The van der Waals surface area contributed by atoms with E-state index in [-0.39, 0.29) is 17.0 Å². The molecule has 6 heteroatoms. The van der Waals surface area contributed by atoms with Gasteiger partial charge in [-0.3, -0.25) is 0 Å². The summed E-state index contributed by atoms with van der Waals surface area (Å²) in [4.78, 5) is 0. The van der Waals surface area contributed by atoms with E-state index >= 15 is 0 Å². The van der Waals surface area contributed by atoms with Crippen LogP contribution in [0.1, 0.15) is 36.8 Å². The lowest BCUT2D eigenvalue weighted by atomic mass is 9.94. The Morgan fingerprint density at radius 1 is 1.04 bits per heavy atom. The fourth-order valence-corrected chi connectivity index (χ4v) is 4.29. The van der Waals surface area contributed by atoms with Crippen LogP contribution in [-0.2, 0) is 5.72 Å². The van der Waals surface area contributed by atoms with Gasteiger partial charge in [-0.2, -0.15) is 0 Å². The molecule has 2 aromatic rings. The highest BCUT2D eigenvalue weighted by Crippen LogP contribution is 2.38. The quantitative estimate of drug-likeness (QED) is 0.643. The Kier molecular flexibility index (Phi) is 6.28. The maximum absolute atomic E-state index is 11.7. The third kappa shape index (κ3) is 3.80. The number of hydrazone groups is 1. The Morgan fingerprint density at radius 2 is 1.74 bits per heavy atom. The average molecular weight is 496 g/mol. The maximum Gasteiger partial charge on any atom is 0.225 e. The van der Waals surface area contributed by atoms with Gasteiger partial charge in [0, 0.05) is 22.0 Å². The summed E-state index contributed by atoms with van der Waals surface area (Å²) >= 11 is 3.51. The molecule has 1 atom stereocenters. The highest BCUT2D eigenvalue weighted by Gasteiger charge is 2.52. The monoisotopic (exact) mass is 494 g/mol. The second-order valence-electron chi connectivity index (χ2n) is 6.98. The molecule has 4 rings (SSSR count). The van der Waals surface area contributed by atoms with Gasteiger partial charge in [0.15, 0.2) is 6.54 Å². The van der Waals surface area contributed by atoms with Gasteiger partial charge in [0.2, 0.25) is 11.4 Å². The van der Waals surface area contributed by atoms with Crippen LogP contribution in [0.3, 0.4) is 0 Å². The van der Waals surface area contributed by atoms with Crippen molar-refractivity contribution in [1.82, 2.24) is 5.01 Å². The Labute approximate surface area is 179 Å². The summed E-state index contributed by atoms with van der Waals surface area (Å²) in [5, 5.41) is 13.9. The summed E-state index contributed by atoms with van der Waals surface area (Å²) in [5.41, 5.74) is 2.26. The fourth-order valence-electron chi connectivity index (χ4n) is 4.03. The van der Waals surface area contributed by atoms with Crippen molar-refractivity contribution in [1.29, 1.82) is 0 Å². The molecule has 2 heterocycles. The van der Waals surface area contributed by atoms with Gasteiger partial charge < -0.3 is 26.8 Å². The highest BCUT2D eigenvalue weighted by atomic mass is 79.9. The van der Waals surface area contributed by atoms with Gasteiger partial charge in [0.05, 0.1) is 20.1 Å². The third-order valence-corrected chi connectivity index (χ3v) is 5.94. The van der Waals surface area contributed by atoms with E-state index in [2.05, 4.69) is 49.9 Å². The van der Waals surface area contributed by atoms with Crippen LogP contribution in [-0.4, -0.2) is 40.7 Å². The molecule has 27 heavy (non-hydrogen) atoms. The SMILES string of the molecule is COc1ccc(C2(O)CC(c3ccc(Br)cc3)=[N+]3CCCCCN32)cc1.[Br-]. The van der Waals surface area contributed by atoms with Gasteiger partial charge in [-0.1, -0.05) is 28.1 Å². The first-order chi connectivity index (χ1) is 12.6. The second kappa shape index (κ2) is 8.33. The molecular formula is C21H24Br2N2O2. The van der Waals surface area contributed by atoms with Crippen LogP contribution in [0, 0.1) is 0 Å². The minimum Gasteiger partial charge on any atom is -1.00 e. The van der Waals surface area contributed by atoms with Gasteiger partial charge in [-0.15, -0.1) is 9.69 Å². The van der Waals surface area contributed by atoms with E-state index < -0.39 is 5.72 Å². The van der Waals surface area contributed by atoms with Crippen molar-refractivity contribution in [3.8, 4) is 5.75 Å². The van der Waals surface area contributed by atoms with Crippen LogP contribution in [0.4, 0.5) is 0 Å². The molecule has 0 saturated carbocycles. The summed E-state index contributed by atoms with van der Waals surface area (Å²) in [6, 6.07) is 16.2. The standard InChI is InChI=1S/C21H24BrN2O2.BrH/c1-26-19-11-7-17(8-12-19)21(25)15-20(16-5-9-18(22)10-6-16)23-13-3-2-4-14-24(21)23;/h5-12,25H,2-4,13-15H2,1H3;1H/q+1;/p-1. The highest BCUT2D eigenvalue weighted by molar-refractivity contribution is 9.10. The summed E-state index contributed by atoms with van der Waals surface area (Å²) in [5.74, 6) is 0.806. The van der Waals surface area contributed by atoms with Crippen molar-refractivity contribution in [3.63, 3.8) is 0 Å². The molecule has 4 nitrogen and oxygen atoms in total. The number of hydrogen-bond acceptors (Lipinski definition) is 3. The Bertz CT molecular complexity index is 821. The first-order valence-corrected chi connectivity index (χ1v) is 9.95. The summed E-state index contributed by atoms with van der Waals surface area (Å²) in [6.07, 6.45) is 4.03. The maximum atomic E-state index is 11.7. The largest absolute Gasteiger partial charge is 1.00 e. The number of methoxy groups -OCH3 is 1. The van der Waals surface area contributed by atoms with Crippen LogP contribution in [0.2, 0.25) is 0 Å². The molecule has 1 fully saturated rings. The topological polar surface area (TPSA) is 35.7 Å². The first-order valence-electron chi connectivity index (χ1n) is 9.15. The van der Waals surface area contributed by atoms with Crippen molar-refractivity contribution in [3.05, 3.63) is 64.1 Å². The van der Waals surface area contributed by atoms with Crippen LogP contribution < -0.4 is 21.7 Å². The minimum atomic E-state index is -1.01. The van der Waals surface area contributed by atoms with E-state index in [0.717, 1.165) is 41.7 Å². The normalized spacial score (nSPS) is 22.1. The number of hydrazine groups is 1. The van der Waals surface area contributed by atoms with E-state index in [9.17, 15) is 5.11 Å². The van der Waals surface area contributed by atoms with Gasteiger partial charge in [-0.25, -0.2) is 0 Å². The molecule has 2 aliphatic rings. The zero-order valence-electron chi connectivity index (χ0n) is 15.4. The molecule has 0 amide bonds. The Morgan fingerprint density at radius 3 is 2.41 bits per heavy atom. The van der Waals surface area contributed by atoms with Crippen molar-refractivity contribution < 1.29 is 31.5 Å². The zero-order valence-corrected chi connectivity index (χ0v) is 18.5. The number of aliphatic hydroxyl groups is 1. The molecular weight excluding hydrogens is 472 g/mol. The molecule has 1 saturated heterocycles. The average Bonchev–Trinajstić information content (AvgIpc) is 2.82. The smallest absolute Gasteiger partial charge is 0.225 e. The Balaban J connectivity index is 0.00000210. The Hall–Kier alpha value is -1.37. The van der Waals surface area contributed by atoms with Gasteiger partial charge in [0.1, 0.15) is 5.75 Å². The van der Waals surface area contributed by atoms with Crippen LogP contribution >= 0.6 is 15.9 Å². The fraction of sp³-hybridized carbons (Fsp3) is 0.381. The lowest BCUT2D eigenvalue weighted by Crippen LogP contribution is -3.00. The van der Waals surface area contributed by atoms with E-state index in [1.165, 1.54) is 17.7 Å². The van der Waals surface area contributed by atoms with Crippen molar-refractivity contribution in [2.45, 2.75) is 31.4 Å². The van der Waals surface area contributed by atoms with E-state index in [1.807, 2.05) is 24.3 Å². The molecule has 0 bridgehead atoms. The lowest BCUT2D eigenvalue weighted by molar-refractivity contribution is -0.706. The second-order valence-corrected chi connectivity index (χ2v) is 7.90. The third-order valence-electron chi connectivity index (χ3n) is 5.41. The number of ether oxygens (including phenoxy) is 1. The van der Waals surface area contributed by atoms with Gasteiger partial charge in [0.25, 0.3) is 0 Å². The molecule has 0 aromatic heterocycles. The van der Waals surface area contributed by atoms with E-state index in [4.69, 9.17) is 4.74 Å². The van der Waals surface area contributed by atoms with Crippen LogP contribution in [0.15, 0.2) is 53.0 Å². The van der Waals surface area contributed by atoms with Gasteiger partial charge in [-0.05, 0) is 49.2 Å². The van der Waals surface area contributed by atoms with Crippen molar-refractivity contribution in [2.24, 2.45) is 0 Å². The van der Waals surface area contributed by atoms with Gasteiger partial charge >= 0.3 is 0 Å². The molecule has 1 N–H and O–H groups in total. The summed E-state index contributed by atoms with van der Waals surface area (Å²) in [6.45, 7) is 1.81. The lowest BCUT2D eigenvalue weighted by Gasteiger charge is -2.30. The predicted octanol–water partition coefficient (Wildman–Crippen LogP) is 0.913. The number of nitrogens with zero attached hydrogens (tertiary/aromatic N) is 2. The number of halogens is 2. The van der Waals surface area contributed by atoms with Crippen molar-refractivity contribution >= 4 is 21.6 Å². The van der Waals surface area contributed by atoms with E-state index in [0.29, 0.717) is 6.42 Å². The molecule has 2 aliphatic heterocycles. The van der Waals surface area contributed by atoms with Crippen LogP contribution in [0.25, 0.3) is 0 Å². The minimum absolute atomic E-state index is 0. The molecule has 1 unspecified atom stereocenters. The molecule has 0 radical (unpaired) electrons. The first kappa shape index (κ1) is 20.4. The number of fused-ring (bicyclic) bond motifs is 1. The molecule has 144 valence electrons. The predicted molar refractivity (Wildman–Crippen MR) is 105 cm³/mol. The molecule has 2 aromatic carbocycles. The van der Waals surface area contributed by atoms with E-state index in [1.54, 1.807) is 7.11 Å². The zero-order chi connectivity index (χ0) is 18.1. The van der Waals surface area contributed by atoms with Crippen LogP contribution in [0.5, 0.6) is 5.75 Å². The summed E-state index contributed by atoms with van der Waals surface area (Å²) < 4.78 is 8.65. The number of hydrogen-bond donors (Lipinski definition) is 1. The number of rotatable bonds is 3. The molecule has 0 spiro atoms. The molecule has 0 aliphatic carbocycles. The summed E-state index contributed by atoms with van der Waals surface area (Å²) in [7, 11) is 1.66.